The molecule has 0 spiro atoms. The summed E-state index contributed by atoms with van der Waals surface area (Å²) in [6.07, 6.45) is 2.58. The number of hydrogen-bond donors (Lipinski definition) is 1. The van der Waals surface area contributed by atoms with E-state index in [4.69, 9.17) is 17.0 Å². The van der Waals surface area contributed by atoms with Crippen LogP contribution in [-0.4, -0.2) is 30.9 Å². The highest BCUT2D eigenvalue weighted by molar-refractivity contribution is 7.80. The van der Waals surface area contributed by atoms with Gasteiger partial charge in [-0.1, -0.05) is 30.3 Å². The Labute approximate surface area is 137 Å². The summed E-state index contributed by atoms with van der Waals surface area (Å²) in [7, 11) is 0. The molecular formula is C18H22N2OS. The molecule has 0 amide bonds. The topological polar surface area (TPSA) is 24.5 Å². The molecule has 0 aromatic heterocycles. The standard InChI is InChI=1S/C18H22N2OS/c1-2-20(18(22)19-13-17-8-5-11-21-17)16-10-9-14-6-3-4-7-15(14)12-16/h3-4,6-7,9-10,12,17H,2,5,8,11,13H2,1H3,(H,19,22). The minimum absolute atomic E-state index is 0.299. The lowest BCUT2D eigenvalue weighted by molar-refractivity contribution is 0.114. The summed E-state index contributed by atoms with van der Waals surface area (Å²) in [4.78, 5) is 2.14. The molecule has 22 heavy (non-hydrogen) atoms. The Balaban J connectivity index is 1.71. The molecule has 1 atom stereocenters. The minimum Gasteiger partial charge on any atom is -0.376 e. The van der Waals surface area contributed by atoms with E-state index in [1.807, 2.05) is 0 Å². The van der Waals surface area contributed by atoms with Crippen molar-refractivity contribution in [3.63, 3.8) is 0 Å². The number of nitrogens with one attached hydrogen (secondary N) is 1. The van der Waals surface area contributed by atoms with Gasteiger partial charge in [0.2, 0.25) is 0 Å². The lowest BCUT2D eigenvalue weighted by atomic mass is 10.1. The number of rotatable bonds is 4. The van der Waals surface area contributed by atoms with Gasteiger partial charge in [-0.15, -0.1) is 0 Å². The average molecular weight is 314 g/mol. The van der Waals surface area contributed by atoms with Gasteiger partial charge in [-0.25, -0.2) is 0 Å². The molecule has 1 unspecified atom stereocenters. The summed E-state index contributed by atoms with van der Waals surface area (Å²) in [6.45, 7) is 4.63. The maximum atomic E-state index is 5.64. The van der Waals surface area contributed by atoms with Gasteiger partial charge in [-0.05, 0) is 54.9 Å². The van der Waals surface area contributed by atoms with Crippen LogP contribution in [0.4, 0.5) is 5.69 Å². The molecule has 0 radical (unpaired) electrons. The van der Waals surface area contributed by atoms with Crippen LogP contribution in [0.2, 0.25) is 0 Å². The second-order valence-electron chi connectivity index (χ2n) is 5.60. The predicted octanol–water partition coefficient (Wildman–Crippen LogP) is 3.72. The van der Waals surface area contributed by atoms with Crippen molar-refractivity contribution in [2.24, 2.45) is 0 Å². The SMILES string of the molecule is CCN(C(=S)NCC1CCCO1)c1ccc2ccccc2c1. The number of nitrogens with zero attached hydrogens (tertiary/aromatic N) is 1. The largest absolute Gasteiger partial charge is 0.376 e. The lowest BCUT2D eigenvalue weighted by Gasteiger charge is -2.25. The van der Waals surface area contributed by atoms with Crippen molar-refractivity contribution in [1.82, 2.24) is 5.32 Å². The first-order chi connectivity index (χ1) is 10.8. The fourth-order valence-electron chi connectivity index (χ4n) is 2.89. The summed E-state index contributed by atoms with van der Waals surface area (Å²) in [6, 6.07) is 14.9. The molecular weight excluding hydrogens is 292 g/mol. The van der Waals surface area contributed by atoms with E-state index >= 15 is 0 Å². The molecule has 3 nitrogen and oxygen atoms in total. The first kappa shape index (κ1) is 15.3. The Kier molecular flexibility index (Phi) is 4.90. The van der Waals surface area contributed by atoms with Crippen molar-refractivity contribution in [2.75, 3.05) is 24.6 Å². The van der Waals surface area contributed by atoms with Gasteiger partial charge in [-0.3, -0.25) is 0 Å². The molecule has 0 saturated carbocycles. The van der Waals surface area contributed by atoms with Crippen molar-refractivity contribution in [1.29, 1.82) is 0 Å². The summed E-state index contributed by atoms with van der Waals surface area (Å²) in [5.41, 5.74) is 1.13. The Morgan fingerprint density at radius 2 is 2.09 bits per heavy atom. The molecule has 2 aromatic carbocycles. The van der Waals surface area contributed by atoms with E-state index in [1.165, 1.54) is 10.8 Å². The van der Waals surface area contributed by atoms with Crippen LogP contribution >= 0.6 is 12.2 Å². The number of fused-ring (bicyclic) bond motifs is 1. The first-order valence-corrected chi connectivity index (χ1v) is 8.34. The fourth-order valence-corrected chi connectivity index (χ4v) is 3.21. The number of anilines is 1. The zero-order valence-corrected chi connectivity index (χ0v) is 13.7. The first-order valence-electron chi connectivity index (χ1n) is 7.93. The van der Waals surface area contributed by atoms with Gasteiger partial charge < -0.3 is 15.0 Å². The zero-order valence-electron chi connectivity index (χ0n) is 12.9. The second kappa shape index (κ2) is 7.07. The lowest BCUT2D eigenvalue weighted by Crippen LogP contribution is -2.42. The highest BCUT2D eigenvalue weighted by Gasteiger charge is 2.17. The normalized spacial score (nSPS) is 17.6. The van der Waals surface area contributed by atoms with E-state index in [9.17, 15) is 0 Å². The van der Waals surface area contributed by atoms with E-state index in [0.29, 0.717) is 6.10 Å². The molecule has 1 saturated heterocycles. The zero-order chi connectivity index (χ0) is 15.4. The Bertz CT molecular complexity index is 652. The third-order valence-corrected chi connectivity index (χ3v) is 4.48. The highest BCUT2D eigenvalue weighted by atomic mass is 32.1. The van der Waals surface area contributed by atoms with Crippen LogP contribution in [0, 0.1) is 0 Å². The monoisotopic (exact) mass is 314 g/mol. The number of benzene rings is 2. The molecule has 4 heteroatoms. The summed E-state index contributed by atoms with van der Waals surface area (Å²) in [5.74, 6) is 0. The quantitative estimate of drug-likeness (QED) is 0.869. The number of thiocarbonyl (C=S) groups is 1. The predicted molar refractivity (Wildman–Crippen MR) is 96.5 cm³/mol. The highest BCUT2D eigenvalue weighted by Crippen LogP contribution is 2.22. The fraction of sp³-hybridized carbons (Fsp3) is 0.389. The van der Waals surface area contributed by atoms with Crippen LogP contribution in [0.5, 0.6) is 0 Å². The van der Waals surface area contributed by atoms with Crippen LogP contribution in [0.25, 0.3) is 10.8 Å². The number of hydrogen-bond acceptors (Lipinski definition) is 2. The van der Waals surface area contributed by atoms with Crippen LogP contribution in [0.3, 0.4) is 0 Å². The van der Waals surface area contributed by atoms with Crippen LogP contribution in [0.1, 0.15) is 19.8 Å². The third-order valence-electron chi connectivity index (χ3n) is 4.11. The van der Waals surface area contributed by atoms with Crippen LogP contribution < -0.4 is 10.2 Å². The molecule has 0 bridgehead atoms. The van der Waals surface area contributed by atoms with E-state index in [-0.39, 0.29) is 0 Å². The van der Waals surface area contributed by atoms with Crippen molar-refractivity contribution < 1.29 is 4.74 Å². The maximum Gasteiger partial charge on any atom is 0.173 e. The van der Waals surface area contributed by atoms with Gasteiger partial charge in [0, 0.05) is 25.4 Å². The maximum absolute atomic E-state index is 5.64. The van der Waals surface area contributed by atoms with Gasteiger partial charge in [0.15, 0.2) is 5.11 Å². The molecule has 1 aliphatic rings. The summed E-state index contributed by atoms with van der Waals surface area (Å²) < 4.78 is 5.64. The minimum atomic E-state index is 0.299. The Hall–Kier alpha value is -1.65. The van der Waals surface area contributed by atoms with Gasteiger partial charge >= 0.3 is 0 Å². The smallest absolute Gasteiger partial charge is 0.173 e. The summed E-state index contributed by atoms with van der Waals surface area (Å²) >= 11 is 5.57. The molecule has 1 aliphatic heterocycles. The van der Waals surface area contributed by atoms with Gasteiger partial charge in [0.25, 0.3) is 0 Å². The molecule has 1 heterocycles. The van der Waals surface area contributed by atoms with E-state index in [2.05, 4.69) is 59.6 Å². The van der Waals surface area contributed by atoms with Crippen LogP contribution in [0.15, 0.2) is 42.5 Å². The van der Waals surface area contributed by atoms with Crippen molar-refractivity contribution in [3.8, 4) is 0 Å². The molecule has 2 aromatic rings. The van der Waals surface area contributed by atoms with Gasteiger partial charge in [0.05, 0.1) is 6.10 Å². The van der Waals surface area contributed by atoms with E-state index in [0.717, 1.165) is 43.3 Å². The molecule has 3 rings (SSSR count). The Morgan fingerprint density at radius 3 is 2.82 bits per heavy atom. The van der Waals surface area contributed by atoms with Crippen molar-refractivity contribution in [3.05, 3.63) is 42.5 Å². The van der Waals surface area contributed by atoms with Crippen molar-refractivity contribution >= 4 is 33.8 Å². The molecule has 1 fully saturated rings. The molecule has 1 N–H and O–H groups in total. The molecule has 0 aliphatic carbocycles. The van der Waals surface area contributed by atoms with Gasteiger partial charge in [-0.2, -0.15) is 0 Å². The summed E-state index contributed by atoms with van der Waals surface area (Å²) in [5, 5.41) is 6.61. The molecule has 116 valence electrons. The van der Waals surface area contributed by atoms with Crippen LogP contribution in [-0.2, 0) is 4.74 Å². The van der Waals surface area contributed by atoms with Crippen molar-refractivity contribution in [2.45, 2.75) is 25.9 Å². The number of ether oxygens (including phenoxy) is 1. The van der Waals surface area contributed by atoms with E-state index in [1.54, 1.807) is 0 Å². The second-order valence-corrected chi connectivity index (χ2v) is 5.98. The Morgan fingerprint density at radius 1 is 1.27 bits per heavy atom. The average Bonchev–Trinajstić information content (AvgIpc) is 3.07. The van der Waals surface area contributed by atoms with E-state index < -0.39 is 0 Å². The van der Waals surface area contributed by atoms with Gasteiger partial charge in [0.1, 0.15) is 0 Å². The third kappa shape index (κ3) is 3.39.